The SMILES string of the molecule is Clc1ccc(C23CCCC(CC2)N3)s1. The summed E-state index contributed by atoms with van der Waals surface area (Å²) in [6.45, 7) is 0. The fourth-order valence-electron chi connectivity index (χ4n) is 2.91. The number of piperidine rings is 1. The van der Waals surface area contributed by atoms with Gasteiger partial charge >= 0.3 is 0 Å². The first kappa shape index (κ1) is 9.20. The van der Waals surface area contributed by atoms with Gasteiger partial charge in [-0.15, -0.1) is 11.3 Å². The van der Waals surface area contributed by atoms with Crippen molar-refractivity contribution >= 4 is 22.9 Å². The van der Waals surface area contributed by atoms with Crippen molar-refractivity contribution in [3.05, 3.63) is 21.3 Å². The highest BCUT2D eigenvalue weighted by Gasteiger charge is 2.43. The molecule has 2 fully saturated rings. The molecule has 14 heavy (non-hydrogen) atoms. The van der Waals surface area contributed by atoms with Gasteiger partial charge < -0.3 is 5.32 Å². The summed E-state index contributed by atoms with van der Waals surface area (Å²) in [6.07, 6.45) is 6.67. The Kier molecular flexibility index (Phi) is 2.12. The molecular weight excluding hydrogens is 214 g/mol. The van der Waals surface area contributed by atoms with E-state index in [1.165, 1.54) is 37.0 Å². The summed E-state index contributed by atoms with van der Waals surface area (Å²) in [7, 11) is 0. The third-order valence-corrected chi connectivity index (χ3v) is 5.04. The molecule has 2 aliphatic rings. The molecule has 0 radical (unpaired) electrons. The maximum atomic E-state index is 6.00. The van der Waals surface area contributed by atoms with E-state index in [1.807, 2.05) is 6.07 Å². The maximum absolute atomic E-state index is 6.00. The zero-order chi connectivity index (χ0) is 9.60. The molecule has 3 heterocycles. The van der Waals surface area contributed by atoms with E-state index < -0.39 is 0 Å². The Labute approximate surface area is 93.5 Å². The average Bonchev–Trinajstić information content (AvgIpc) is 2.73. The van der Waals surface area contributed by atoms with Crippen LogP contribution in [0.3, 0.4) is 0 Å². The van der Waals surface area contributed by atoms with Gasteiger partial charge in [0.1, 0.15) is 0 Å². The minimum absolute atomic E-state index is 0.292. The molecular formula is C11H14ClNS. The second kappa shape index (κ2) is 3.22. The van der Waals surface area contributed by atoms with Crippen molar-refractivity contribution < 1.29 is 0 Å². The van der Waals surface area contributed by atoms with E-state index in [9.17, 15) is 0 Å². The van der Waals surface area contributed by atoms with Gasteiger partial charge in [-0.2, -0.15) is 0 Å². The van der Waals surface area contributed by atoms with Crippen molar-refractivity contribution in [2.45, 2.75) is 43.7 Å². The molecule has 0 aromatic carbocycles. The lowest BCUT2D eigenvalue weighted by Crippen LogP contribution is -2.43. The van der Waals surface area contributed by atoms with Gasteiger partial charge in [-0.3, -0.25) is 0 Å². The summed E-state index contributed by atoms with van der Waals surface area (Å²) in [5, 5.41) is 3.79. The van der Waals surface area contributed by atoms with E-state index in [2.05, 4.69) is 11.4 Å². The van der Waals surface area contributed by atoms with Crippen LogP contribution >= 0.6 is 22.9 Å². The Hall–Kier alpha value is -0.0500. The molecule has 2 bridgehead atoms. The molecule has 2 saturated heterocycles. The molecule has 2 unspecified atom stereocenters. The van der Waals surface area contributed by atoms with Crippen LogP contribution < -0.4 is 5.32 Å². The first-order valence-corrected chi connectivity index (χ1v) is 6.51. The number of hydrogen-bond donors (Lipinski definition) is 1. The lowest BCUT2D eigenvalue weighted by Gasteiger charge is -2.33. The van der Waals surface area contributed by atoms with E-state index >= 15 is 0 Å². The first-order valence-electron chi connectivity index (χ1n) is 5.32. The molecule has 0 aliphatic carbocycles. The van der Waals surface area contributed by atoms with Crippen molar-refractivity contribution in [3.8, 4) is 0 Å². The molecule has 0 spiro atoms. The van der Waals surface area contributed by atoms with Gasteiger partial charge in [0.05, 0.1) is 9.88 Å². The summed E-state index contributed by atoms with van der Waals surface area (Å²) < 4.78 is 0.921. The van der Waals surface area contributed by atoms with Crippen LogP contribution in [0.15, 0.2) is 12.1 Å². The van der Waals surface area contributed by atoms with Gasteiger partial charge in [-0.25, -0.2) is 0 Å². The molecule has 2 atom stereocenters. The molecule has 0 amide bonds. The smallest absolute Gasteiger partial charge is 0.0931 e. The number of halogens is 1. The molecule has 1 N–H and O–H groups in total. The summed E-state index contributed by atoms with van der Waals surface area (Å²) in [6, 6.07) is 5.00. The molecule has 3 rings (SSSR count). The van der Waals surface area contributed by atoms with E-state index in [0.717, 1.165) is 10.4 Å². The van der Waals surface area contributed by atoms with Crippen molar-refractivity contribution in [1.82, 2.24) is 5.32 Å². The number of nitrogens with one attached hydrogen (secondary N) is 1. The zero-order valence-electron chi connectivity index (χ0n) is 8.05. The van der Waals surface area contributed by atoms with E-state index in [1.54, 1.807) is 11.3 Å². The van der Waals surface area contributed by atoms with Gasteiger partial charge in [0.2, 0.25) is 0 Å². The molecule has 0 saturated carbocycles. The van der Waals surface area contributed by atoms with Gasteiger partial charge in [-0.05, 0) is 44.2 Å². The largest absolute Gasteiger partial charge is 0.304 e. The van der Waals surface area contributed by atoms with E-state index in [4.69, 9.17) is 11.6 Å². The van der Waals surface area contributed by atoms with Crippen molar-refractivity contribution in [1.29, 1.82) is 0 Å². The number of fused-ring (bicyclic) bond motifs is 2. The zero-order valence-corrected chi connectivity index (χ0v) is 9.63. The lowest BCUT2D eigenvalue weighted by molar-refractivity contribution is 0.285. The minimum atomic E-state index is 0.292. The average molecular weight is 228 g/mol. The first-order chi connectivity index (χ1) is 6.78. The molecule has 1 aromatic rings. The van der Waals surface area contributed by atoms with Crippen molar-refractivity contribution in [2.75, 3.05) is 0 Å². The molecule has 1 aromatic heterocycles. The van der Waals surface area contributed by atoms with Crippen LogP contribution in [0.2, 0.25) is 4.34 Å². The third kappa shape index (κ3) is 1.32. The number of hydrogen-bond acceptors (Lipinski definition) is 2. The Morgan fingerprint density at radius 1 is 1.36 bits per heavy atom. The monoisotopic (exact) mass is 227 g/mol. The van der Waals surface area contributed by atoms with Crippen LogP contribution in [-0.2, 0) is 5.54 Å². The van der Waals surface area contributed by atoms with Gasteiger partial charge in [0, 0.05) is 10.9 Å². The highest BCUT2D eigenvalue weighted by molar-refractivity contribution is 7.16. The van der Waals surface area contributed by atoms with Crippen LogP contribution in [0, 0.1) is 0 Å². The van der Waals surface area contributed by atoms with Gasteiger partial charge in [0.25, 0.3) is 0 Å². The second-order valence-electron chi connectivity index (χ2n) is 4.46. The molecule has 2 aliphatic heterocycles. The highest BCUT2D eigenvalue weighted by Crippen LogP contribution is 2.45. The summed E-state index contributed by atoms with van der Waals surface area (Å²) >= 11 is 7.75. The standard InChI is InChI=1S/C11H14ClNS/c12-10-4-3-9(14-10)11-6-1-2-8(13-11)5-7-11/h3-4,8,13H,1-2,5-7H2. The van der Waals surface area contributed by atoms with E-state index in [0.29, 0.717) is 5.54 Å². The molecule has 3 heteroatoms. The fourth-order valence-corrected chi connectivity index (χ4v) is 4.16. The Morgan fingerprint density at radius 3 is 3.07 bits per heavy atom. The second-order valence-corrected chi connectivity index (χ2v) is 6.17. The lowest BCUT2D eigenvalue weighted by atomic mass is 9.89. The fraction of sp³-hybridized carbons (Fsp3) is 0.636. The maximum Gasteiger partial charge on any atom is 0.0931 e. The Morgan fingerprint density at radius 2 is 2.29 bits per heavy atom. The van der Waals surface area contributed by atoms with Crippen LogP contribution in [0.4, 0.5) is 0 Å². The topological polar surface area (TPSA) is 12.0 Å². The number of rotatable bonds is 1. The van der Waals surface area contributed by atoms with Gasteiger partial charge in [0.15, 0.2) is 0 Å². The van der Waals surface area contributed by atoms with Crippen LogP contribution in [0.1, 0.15) is 37.0 Å². The highest BCUT2D eigenvalue weighted by atomic mass is 35.5. The minimum Gasteiger partial charge on any atom is -0.304 e. The summed E-state index contributed by atoms with van der Waals surface area (Å²) in [4.78, 5) is 1.45. The van der Waals surface area contributed by atoms with E-state index in [-0.39, 0.29) is 0 Å². The summed E-state index contributed by atoms with van der Waals surface area (Å²) in [5.41, 5.74) is 0.292. The Balaban J connectivity index is 1.96. The van der Waals surface area contributed by atoms with Crippen LogP contribution in [0.25, 0.3) is 0 Å². The van der Waals surface area contributed by atoms with Crippen LogP contribution in [-0.4, -0.2) is 6.04 Å². The quantitative estimate of drug-likeness (QED) is 0.774. The van der Waals surface area contributed by atoms with Crippen LogP contribution in [0.5, 0.6) is 0 Å². The Bertz CT molecular complexity index is 345. The normalized spacial score (nSPS) is 36.2. The molecule has 1 nitrogen and oxygen atoms in total. The third-order valence-electron chi connectivity index (χ3n) is 3.60. The van der Waals surface area contributed by atoms with Gasteiger partial charge in [-0.1, -0.05) is 11.6 Å². The molecule has 76 valence electrons. The number of thiophene rings is 1. The summed E-state index contributed by atoms with van der Waals surface area (Å²) in [5.74, 6) is 0. The predicted octanol–water partition coefficient (Wildman–Crippen LogP) is 3.53. The van der Waals surface area contributed by atoms with Crippen molar-refractivity contribution in [3.63, 3.8) is 0 Å². The van der Waals surface area contributed by atoms with Crippen molar-refractivity contribution in [2.24, 2.45) is 0 Å². The predicted molar refractivity (Wildman–Crippen MR) is 61.0 cm³/mol.